The molecule has 0 spiro atoms. The van der Waals surface area contributed by atoms with Crippen molar-refractivity contribution in [3.63, 3.8) is 0 Å². The van der Waals surface area contributed by atoms with Gasteiger partial charge in [-0.2, -0.15) is 0 Å². The summed E-state index contributed by atoms with van der Waals surface area (Å²) in [5, 5.41) is 13.9. The van der Waals surface area contributed by atoms with E-state index in [9.17, 15) is 0 Å². The van der Waals surface area contributed by atoms with Gasteiger partial charge in [-0.25, -0.2) is 0 Å². The summed E-state index contributed by atoms with van der Waals surface area (Å²) in [6, 6.07) is 76.2. The van der Waals surface area contributed by atoms with E-state index in [0.29, 0.717) is 0 Å². The van der Waals surface area contributed by atoms with Gasteiger partial charge >= 0.3 is 0 Å². The van der Waals surface area contributed by atoms with Crippen LogP contribution in [-0.4, -0.2) is 0 Å². The van der Waals surface area contributed by atoms with Crippen LogP contribution in [0.3, 0.4) is 0 Å². The van der Waals surface area contributed by atoms with Crippen LogP contribution in [0.2, 0.25) is 0 Å². The van der Waals surface area contributed by atoms with Crippen molar-refractivity contribution in [2.45, 2.75) is 0 Å². The van der Waals surface area contributed by atoms with Gasteiger partial charge in [0.05, 0.1) is 16.8 Å². The van der Waals surface area contributed by atoms with Crippen molar-refractivity contribution in [1.29, 1.82) is 0 Å². The van der Waals surface area contributed by atoms with Crippen LogP contribution in [0, 0.1) is 0 Å². The van der Waals surface area contributed by atoms with Gasteiger partial charge in [-0.15, -0.1) is 0 Å². The van der Waals surface area contributed by atoms with E-state index < -0.39 is 0 Å². The molecule has 0 saturated carbocycles. The standard InChI is InChI=1S/C58H35NO2/c1-4-14-43-37(11-1)23-24-41-35-40(29-32-44(41)43)36-25-30-42(31-26-36)59(53-21-10-22-54-55(53)51-34-28-39-13-3-6-16-46(39)57(51)60-54)52-20-8-7-17-47(52)48-18-9-19-49-50-33-27-38-12-2-5-15-45(38)56(50)61-58(48)49/h1-35H. The van der Waals surface area contributed by atoms with Gasteiger partial charge in [0.25, 0.3) is 0 Å². The molecule has 0 unspecified atom stereocenters. The van der Waals surface area contributed by atoms with Crippen molar-refractivity contribution in [2.24, 2.45) is 0 Å². The number of hydrogen-bond donors (Lipinski definition) is 0. The van der Waals surface area contributed by atoms with E-state index in [1.54, 1.807) is 0 Å². The molecule has 2 aromatic heterocycles. The number of para-hydroxylation sites is 2. The summed E-state index contributed by atoms with van der Waals surface area (Å²) in [6.45, 7) is 0. The molecular weight excluding hydrogens is 743 g/mol. The number of anilines is 3. The zero-order valence-electron chi connectivity index (χ0n) is 33.0. The Balaban J connectivity index is 1.03. The smallest absolute Gasteiger partial charge is 0.143 e. The summed E-state index contributed by atoms with van der Waals surface area (Å²) in [5.74, 6) is 0. The fourth-order valence-corrected chi connectivity index (χ4v) is 9.76. The highest BCUT2D eigenvalue weighted by molar-refractivity contribution is 6.21. The molecule has 0 saturated heterocycles. The fourth-order valence-electron chi connectivity index (χ4n) is 9.76. The van der Waals surface area contributed by atoms with Gasteiger partial charge in [0, 0.05) is 43.7 Å². The molecular formula is C58H35NO2. The van der Waals surface area contributed by atoms with Gasteiger partial charge in [0.15, 0.2) is 0 Å². The maximum Gasteiger partial charge on any atom is 0.143 e. The van der Waals surface area contributed by atoms with Gasteiger partial charge in [-0.1, -0.05) is 164 Å². The first-order chi connectivity index (χ1) is 30.2. The first kappa shape index (κ1) is 33.8. The SMILES string of the molecule is c1ccc(N(c2ccc(-c3ccc4c(ccc5ccccc54)c3)cc2)c2cccc3oc4c5ccccc5ccc4c23)c(-c2cccc3c2oc2c4ccccc4ccc32)c1. The van der Waals surface area contributed by atoms with Crippen LogP contribution < -0.4 is 4.90 Å². The average Bonchev–Trinajstić information content (AvgIpc) is 3.92. The van der Waals surface area contributed by atoms with Crippen molar-refractivity contribution >= 4 is 104 Å². The highest BCUT2D eigenvalue weighted by Crippen LogP contribution is 2.49. The fraction of sp³-hybridized carbons (Fsp3) is 0. The minimum absolute atomic E-state index is 0.845. The predicted molar refractivity (Wildman–Crippen MR) is 257 cm³/mol. The van der Waals surface area contributed by atoms with E-state index >= 15 is 0 Å². The van der Waals surface area contributed by atoms with Crippen LogP contribution in [0.4, 0.5) is 17.1 Å². The molecule has 0 atom stereocenters. The second-order valence-corrected chi connectivity index (χ2v) is 16.0. The molecule has 0 N–H and O–H groups in total. The highest BCUT2D eigenvalue weighted by Gasteiger charge is 2.24. The second-order valence-electron chi connectivity index (χ2n) is 16.0. The van der Waals surface area contributed by atoms with Crippen molar-refractivity contribution in [3.05, 3.63) is 212 Å². The van der Waals surface area contributed by atoms with Crippen LogP contribution in [-0.2, 0) is 0 Å². The highest BCUT2D eigenvalue weighted by atomic mass is 16.3. The molecule has 2 heterocycles. The summed E-state index contributed by atoms with van der Waals surface area (Å²) in [7, 11) is 0. The Bertz CT molecular complexity index is 3890. The first-order valence-electron chi connectivity index (χ1n) is 20.8. The average molecular weight is 778 g/mol. The summed E-state index contributed by atoms with van der Waals surface area (Å²) in [5.41, 5.74) is 11.1. The first-order valence-corrected chi connectivity index (χ1v) is 20.8. The largest absolute Gasteiger partial charge is 0.455 e. The summed E-state index contributed by atoms with van der Waals surface area (Å²) >= 11 is 0. The van der Waals surface area contributed by atoms with Crippen LogP contribution >= 0.6 is 0 Å². The topological polar surface area (TPSA) is 29.5 Å². The molecule has 11 aromatic carbocycles. The van der Waals surface area contributed by atoms with Crippen molar-refractivity contribution in [1.82, 2.24) is 0 Å². The number of nitrogens with zero attached hydrogens (tertiary/aromatic N) is 1. The van der Waals surface area contributed by atoms with Crippen LogP contribution in [0.5, 0.6) is 0 Å². The van der Waals surface area contributed by atoms with Crippen LogP contribution in [0.1, 0.15) is 0 Å². The molecule has 3 nitrogen and oxygen atoms in total. The lowest BCUT2D eigenvalue weighted by molar-refractivity contribution is 0.672. The molecule has 284 valence electrons. The number of fused-ring (bicyclic) bond motifs is 13. The number of hydrogen-bond acceptors (Lipinski definition) is 3. The summed E-state index contributed by atoms with van der Waals surface area (Å²) < 4.78 is 13.7. The maximum atomic E-state index is 6.94. The normalized spacial score (nSPS) is 11.9. The van der Waals surface area contributed by atoms with E-state index in [4.69, 9.17) is 8.83 Å². The minimum atomic E-state index is 0.845. The van der Waals surface area contributed by atoms with Gasteiger partial charge in [-0.05, 0) is 92.0 Å². The Hall–Kier alpha value is -8.14. The molecule has 0 aliphatic heterocycles. The third-order valence-corrected chi connectivity index (χ3v) is 12.6. The lowest BCUT2D eigenvalue weighted by atomic mass is 9.96. The van der Waals surface area contributed by atoms with Crippen LogP contribution in [0.15, 0.2) is 221 Å². The van der Waals surface area contributed by atoms with Gasteiger partial charge in [0.2, 0.25) is 0 Å². The summed E-state index contributed by atoms with van der Waals surface area (Å²) in [4.78, 5) is 2.40. The quantitative estimate of drug-likeness (QED) is 0.163. The van der Waals surface area contributed by atoms with E-state index in [1.165, 1.54) is 27.1 Å². The Morgan fingerprint density at radius 3 is 1.62 bits per heavy atom. The molecule has 0 aliphatic rings. The van der Waals surface area contributed by atoms with E-state index in [0.717, 1.165) is 99.2 Å². The molecule has 13 rings (SSSR count). The Labute approximate surface area is 350 Å². The molecule has 0 aliphatic carbocycles. The van der Waals surface area contributed by atoms with Gasteiger partial charge in [-0.3, -0.25) is 0 Å². The predicted octanol–water partition coefficient (Wildman–Crippen LogP) is 16.9. The van der Waals surface area contributed by atoms with Gasteiger partial charge in [0.1, 0.15) is 22.3 Å². The van der Waals surface area contributed by atoms with Crippen molar-refractivity contribution in [2.75, 3.05) is 4.90 Å². The summed E-state index contributed by atoms with van der Waals surface area (Å²) in [6.07, 6.45) is 0. The third kappa shape index (κ3) is 5.17. The molecule has 3 heteroatoms. The Kier molecular flexibility index (Phi) is 7.31. The van der Waals surface area contributed by atoms with E-state index in [2.05, 4.69) is 217 Å². The lowest BCUT2D eigenvalue weighted by Gasteiger charge is -2.28. The zero-order valence-corrected chi connectivity index (χ0v) is 33.0. The van der Waals surface area contributed by atoms with Gasteiger partial charge < -0.3 is 13.7 Å². The Morgan fingerprint density at radius 2 is 0.820 bits per heavy atom. The van der Waals surface area contributed by atoms with E-state index in [1.807, 2.05) is 0 Å². The monoisotopic (exact) mass is 777 g/mol. The number of furan rings is 2. The van der Waals surface area contributed by atoms with Crippen molar-refractivity contribution in [3.8, 4) is 22.3 Å². The third-order valence-electron chi connectivity index (χ3n) is 12.6. The molecule has 61 heavy (non-hydrogen) atoms. The van der Waals surface area contributed by atoms with E-state index in [-0.39, 0.29) is 0 Å². The molecule has 0 fully saturated rings. The zero-order chi connectivity index (χ0) is 40.0. The molecule has 0 radical (unpaired) electrons. The molecule has 13 aromatic rings. The molecule has 0 bridgehead atoms. The number of rotatable bonds is 5. The second kappa shape index (κ2) is 13.2. The lowest BCUT2D eigenvalue weighted by Crippen LogP contribution is -2.11. The maximum absolute atomic E-state index is 6.94. The Morgan fingerprint density at radius 1 is 0.295 bits per heavy atom. The number of benzene rings is 11. The molecule has 0 amide bonds. The van der Waals surface area contributed by atoms with Crippen LogP contribution in [0.25, 0.3) is 109 Å². The van der Waals surface area contributed by atoms with Crippen molar-refractivity contribution < 1.29 is 8.83 Å². The minimum Gasteiger partial charge on any atom is -0.455 e.